The van der Waals surface area contributed by atoms with Crippen LogP contribution in [0.5, 0.6) is 0 Å². The van der Waals surface area contributed by atoms with E-state index in [1.165, 1.54) is 12.1 Å². The fourth-order valence-electron chi connectivity index (χ4n) is 3.85. The normalized spacial score (nSPS) is 23.0. The van der Waals surface area contributed by atoms with Gasteiger partial charge in [-0.2, -0.15) is 0 Å². The van der Waals surface area contributed by atoms with Crippen LogP contribution in [0, 0.1) is 11.7 Å². The highest BCUT2D eigenvalue weighted by Crippen LogP contribution is 2.25. The molecule has 134 valence electrons. The minimum atomic E-state index is -0.258. The van der Waals surface area contributed by atoms with Crippen LogP contribution in [-0.4, -0.2) is 62.0 Å². The number of hydrogen-bond acceptors (Lipinski definition) is 5. The molecule has 6 heteroatoms. The highest BCUT2D eigenvalue weighted by molar-refractivity contribution is 5.90. The molecule has 0 bridgehead atoms. The molecule has 5 nitrogen and oxygen atoms in total. The molecule has 4 rings (SSSR count). The van der Waals surface area contributed by atoms with Gasteiger partial charge in [-0.05, 0) is 24.6 Å². The van der Waals surface area contributed by atoms with Gasteiger partial charge >= 0.3 is 0 Å². The molecule has 0 saturated carbocycles. The van der Waals surface area contributed by atoms with E-state index >= 15 is 0 Å². The number of rotatable bonds is 5. The van der Waals surface area contributed by atoms with Crippen LogP contribution in [0.25, 0.3) is 10.9 Å². The number of benzene rings is 1. The molecular weight excluding hydrogens is 321 g/mol. The number of nitrogens with one attached hydrogen (secondary N) is 1. The van der Waals surface area contributed by atoms with Crippen molar-refractivity contribution in [3.8, 4) is 0 Å². The molecule has 2 aliphatic heterocycles. The summed E-state index contributed by atoms with van der Waals surface area (Å²) in [6, 6.07) is 7.13. The first-order valence-corrected chi connectivity index (χ1v) is 8.99. The number of fused-ring (bicyclic) bond motifs is 1. The largest absolute Gasteiger partial charge is 0.383 e. The van der Waals surface area contributed by atoms with E-state index in [-0.39, 0.29) is 5.82 Å². The van der Waals surface area contributed by atoms with Crippen LogP contribution in [0.2, 0.25) is 0 Å². The van der Waals surface area contributed by atoms with E-state index in [0.717, 1.165) is 63.6 Å². The number of morpholine rings is 1. The highest BCUT2D eigenvalue weighted by atomic mass is 19.1. The zero-order valence-corrected chi connectivity index (χ0v) is 14.3. The fraction of sp³-hybridized carbons (Fsp3) is 0.526. The van der Waals surface area contributed by atoms with Crippen molar-refractivity contribution in [1.29, 1.82) is 0 Å². The third kappa shape index (κ3) is 3.76. The maximum absolute atomic E-state index is 13.4. The number of ether oxygens (including phenoxy) is 2. The zero-order chi connectivity index (χ0) is 17.1. The first kappa shape index (κ1) is 16.7. The van der Waals surface area contributed by atoms with Gasteiger partial charge in [0.05, 0.1) is 25.3 Å². The van der Waals surface area contributed by atoms with Crippen LogP contribution in [-0.2, 0) is 9.47 Å². The molecule has 0 radical (unpaired) electrons. The Hall–Kier alpha value is -1.76. The number of hydrogen-bond donors (Lipinski definition) is 1. The van der Waals surface area contributed by atoms with Gasteiger partial charge in [-0.15, -0.1) is 0 Å². The van der Waals surface area contributed by atoms with E-state index in [0.29, 0.717) is 17.5 Å². The summed E-state index contributed by atoms with van der Waals surface area (Å²) in [5.41, 5.74) is 1.68. The quantitative estimate of drug-likeness (QED) is 0.902. The second kappa shape index (κ2) is 7.64. The summed E-state index contributed by atoms with van der Waals surface area (Å²) in [4.78, 5) is 6.78. The van der Waals surface area contributed by atoms with Gasteiger partial charge in [-0.1, -0.05) is 0 Å². The second-order valence-corrected chi connectivity index (χ2v) is 6.74. The van der Waals surface area contributed by atoms with E-state index in [1.54, 1.807) is 12.3 Å². The molecule has 3 heterocycles. The van der Waals surface area contributed by atoms with Gasteiger partial charge in [0.15, 0.2) is 0 Å². The predicted octanol–water partition coefficient (Wildman–Crippen LogP) is 2.52. The summed E-state index contributed by atoms with van der Waals surface area (Å²) in [6.07, 6.45) is 2.83. The highest BCUT2D eigenvalue weighted by Gasteiger charge is 2.31. The van der Waals surface area contributed by atoms with Crippen molar-refractivity contribution >= 4 is 16.6 Å². The molecule has 0 spiro atoms. The van der Waals surface area contributed by atoms with E-state index in [4.69, 9.17) is 9.47 Å². The van der Waals surface area contributed by atoms with Crippen LogP contribution in [0.3, 0.4) is 0 Å². The van der Waals surface area contributed by atoms with Gasteiger partial charge in [-0.25, -0.2) is 4.39 Å². The van der Waals surface area contributed by atoms with Crippen molar-refractivity contribution in [2.75, 3.05) is 51.4 Å². The lowest BCUT2D eigenvalue weighted by Gasteiger charge is -2.37. The van der Waals surface area contributed by atoms with Gasteiger partial charge in [-0.3, -0.25) is 9.88 Å². The van der Waals surface area contributed by atoms with Gasteiger partial charge in [0.25, 0.3) is 0 Å². The monoisotopic (exact) mass is 345 g/mol. The minimum absolute atomic E-state index is 0.258. The predicted molar refractivity (Wildman–Crippen MR) is 95.3 cm³/mol. The van der Waals surface area contributed by atoms with E-state index in [1.807, 2.05) is 6.07 Å². The summed E-state index contributed by atoms with van der Waals surface area (Å²) >= 11 is 0. The Morgan fingerprint density at radius 2 is 2.08 bits per heavy atom. The average Bonchev–Trinajstić information content (AvgIpc) is 3.17. The van der Waals surface area contributed by atoms with Crippen LogP contribution in [0.4, 0.5) is 10.1 Å². The van der Waals surface area contributed by atoms with Crippen LogP contribution < -0.4 is 5.32 Å². The lowest BCUT2D eigenvalue weighted by molar-refractivity contribution is 0.00462. The molecule has 2 aromatic rings. The van der Waals surface area contributed by atoms with Crippen LogP contribution >= 0.6 is 0 Å². The fourth-order valence-corrected chi connectivity index (χ4v) is 3.85. The van der Waals surface area contributed by atoms with Crippen molar-refractivity contribution in [3.63, 3.8) is 0 Å². The summed E-state index contributed by atoms with van der Waals surface area (Å²) in [6.45, 7) is 6.03. The van der Waals surface area contributed by atoms with Crippen LogP contribution in [0.1, 0.15) is 6.42 Å². The number of nitrogens with zero attached hydrogens (tertiary/aromatic N) is 2. The second-order valence-electron chi connectivity index (χ2n) is 6.74. The molecule has 2 fully saturated rings. The summed E-state index contributed by atoms with van der Waals surface area (Å²) < 4.78 is 24.6. The Morgan fingerprint density at radius 1 is 1.20 bits per heavy atom. The Kier molecular flexibility index (Phi) is 5.10. The number of aromatic nitrogens is 1. The Balaban J connectivity index is 1.52. The standard InChI is InChI=1S/C19H24FN3O2/c20-15-1-2-16-17(3-5-21-18(16)11-15)22-12-19(14-4-8-25-13-14)23-6-9-24-10-7-23/h1-3,5,11,14,19H,4,6-10,12-13H2,(H,21,22)/t14-,19-/m0/s1. The van der Waals surface area contributed by atoms with Crippen molar-refractivity contribution in [3.05, 3.63) is 36.3 Å². The van der Waals surface area contributed by atoms with Gasteiger partial charge in [0.1, 0.15) is 5.82 Å². The summed E-state index contributed by atoms with van der Waals surface area (Å²) in [5, 5.41) is 4.53. The Bertz CT molecular complexity index is 715. The SMILES string of the molecule is Fc1ccc2c(NC[C@@H]([C@H]3CCOC3)N3CCOCC3)ccnc2c1. The summed E-state index contributed by atoms with van der Waals surface area (Å²) in [5.74, 6) is 0.280. The van der Waals surface area contributed by atoms with Gasteiger partial charge < -0.3 is 14.8 Å². The van der Waals surface area contributed by atoms with Crippen molar-refractivity contribution < 1.29 is 13.9 Å². The number of pyridine rings is 1. The maximum Gasteiger partial charge on any atom is 0.125 e. The molecule has 2 aliphatic rings. The molecule has 0 unspecified atom stereocenters. The third-order valence-electron chi connectivity index (χ3n) is 5.23. The molecule has 25 heavy (non-hydrogen) atoms. The van der Waals surface area contributed by atoms with E-state index in [9.17, 15) is 4.39 Å². The van der Waals surface area contributed by atoms with Crippen molar-refractivity contribution in [2.24, 2.45) is 5.92 Å². The van der Waals surface area contributed by atoms with Crippen LogP contribution in [0.15, 0.2) is 30.5 Å². The summed E-state index contributed by atoms with van der Waals surface area (Å²) in [7, 11) is 0. The first-order valence-electron chi connectivity index (χ1n) is 8.99. The lowest BCUT2D eigenvalue weighted by Crippen LogP contribution is -2.50. The Labute approximate surface area is 147 Å². The van der Waals surface area contributed by atoms with E-state index in [2.05, 4.69) is 15.2 Å². The molecule has 0 aliphatic carbocycles. The minimum Gasteiger partial charge on any atom is -0.383 e. The number of halogens is 1. The first-order chi connectivity index (χ1) is 12.3. The smallest absolute Gasteiger partial charge is 0.125 e. The maximum atomic E-state index is 13.4. The molecule has 1 N–H and O–H groups in total. The third-order valence-corrected chi connectivity index (χ3v) is 5.23. The molecule has 2 saturated heterocycles. The Morgan fingerprint density at radius 3 is 2.88 bits per heavy atom. The van der Waals surface area contributed by atoms with Gasteiger partial charge in [0.2, 0.25) is 0 Å². The zero-order valence-electron chi connectivity index (χ0n) is 14.3. The van der Waals surface area contributed by atoms with Crippen molar-refractivity contribution in [2.45, 2.75) is 12.5 Å². The lowest BCUT2D eigenvalue weighted by atomic mass is 9.96. The topological polar surface area (TPSA) is 46.6 Å². The molecule has 1 aromatic carbocycles. The van der Waals surface area contributed by atoms with Gasteiger partial charge in [0, 0.05) is 61.5 Å². The molecule has 2 atom stereocenters. The van der Waals surface area contributed by atoms with Crippen molar-refractivity contribution in [1.82, 2.24) is 9.88 Å². The average molecular weight is 345 g/mol. The number of anilines is 1. The molecular formula is C19H24FN3O2. The van der Waals surface area contributed by atoms with E-state index < -0.39 is 0 Å². The molecule has 0 amide bonds. The molecule has 1 aromatic heterocycles.